The van der Waals surface area contributed by atoms with Gasteiger partial charge in [0.1, 0.15) is 6.10 Å². The molecule has 3 atom stereocenters. The number of ether oxygens (including phenoxy) is 1. The third-order valence-electron chi connectivity index (χ3n) is 10.5. The largest absolute Gasteiger partial charge is 0.458 e. The monoisotopic (exact) mass is 810 g/mol. The summed E-state index contributed by atoms with van der Waals surface area (Å²) >= 11 is 0. The standard InChI is InChI=1S/C52H91NO5/c1-4-7-10-13-16-19-22-23-24-25-26-27-30-33-36-39-42-45-52(57)58-48(43-40-37-34-31-28-20-17-14-11-8-5-2)46-51(56)53-49(47-54)50(55)44-41-38-35-32-29-21-18-15-12-9-6-3/h16,19,23-24,26-27,31,33-34,36,40,43,48-50,54-55H,4-15,17-18,20-22,25,28-30,32,35,37-39,41-42,44-47H2,1-3H3,(H,53,56)/b19-16-,24-23-,27-26-,34-31-,36-33-,43-40+. The summed E-state index contributed by atoms with van der Waals surface area (Å²) in [6.07, 6.45) is 57.1. The molecule has 3 N–H and O–H groups in total. The maximum atomic E-state index is 13.1. The van der Waals surface area contributed by atoms with Crippen molar-refractivity contribution in [3.05, 3.63) is 72.9 Å². The van der Waals surface area contributed by atoms with Crippen molar-refractivity contribution in [3.8, 4) is 0 Å². The van der Waals surface area contributed by atoms with Gasteiger partial charge in [-0.15, -0.1) is 0 Å². The van der Waals surface area contributed by atoms with Crippen molar-refractivity contribution in [1.29, 1.82) is 0 Å². The second kappa shape index (κ2) is 45.4. The predicted molar refractivity (Wildman–Crippen MR) is 250 cm³/mol. The van der Waals surface area contributed by atoms with Crippen molar-refractivity contribution >= 4 is 11.9 Å². The molecule has 0 aromatic carbocycles. The highest BCUT2D eigenvalue weighted by atomic mass is 16.5. The van der Waals surface area contributed by atoms with Gasteiger partial charge in [0.15, 0.2) is 0 Å². The number of allylic oxidation sites excluding steroid dienone is 11. The summed E-state index contributed by atoms with van der Waals surface area (Å²) in [5.74, 6) is -0.675. The van der Waals surface area contributed by atoms with Crippen LogP contribution in [0.1, 0.15) is 220 Å². The fourth-order valence-electron chi connectivity index (χ4n) is 6.80. The average molecular weight is 810 g/mol. The van der Waals surface area contributed by atoms with Crippen LogP contribution in [-0.4, -0.2) is 46.9 Å². The van der Waals surface area contributed by atoms with E-state index in [0.717, 1.165) is 51.4 Å². The number of carbonyl (C=O) groups is 2. The first-order chi connectivity index (χ1) is 28.5. The van der Waals surface area contributed by atoms with Crippen LogP contribution in [0.25, 0.3) is 0 Å². The number of esters is 1. The topological polar surface area (TPSA) is 95.9 Å². The number of rotatable bonds is 42. The molecule has 0 saturated carbocycles. The Balaban J connectivity index is 4.74. The maximum Gasteiger partial charge on any atom is 0.306 e. The van der Waals surface area contributed by atoms with E-state index in [-0.39, 0.29) is 31.3 Å². The third-order valence-corrected chi connectivity index (χ3v) is 10.5. The molecule has 0 aliphatic rings. The van der Waals surface area contributed by atoms with Crippen LogP contribution in [0.2, 0.25) is 0 Å². The molecule has 0 aliphatic carbocycles. The van der Waals surface area contributed by atoms with Gasteiger partial charge in [-0.25, -0.2) is 0 Å². The number of unbranched alkanes of at least 4 members (excludes halogenated alkanes) is 20. The Morgan fingerprint density at radius 3 is 1.41 bits per heavy atom. The third kappa shape index (κ3) is 40.1. The summed E-state index contributed by atoms with van der Waals surface area (Å²) in [5, 5.41) is 23.6. The van der Waals surface area contributed by atoms with Gasteiger partial charge < -0.3 is 20.3 Å². The van der Waals surface area contributed by atoms with Crippen LogP contribution in [0, 0.1) is 0 Å². The number of carbonyl (C=O) groups excluding carboxylic acids is 2. The predicted octanol–water partition coefficient (Wildman–Crippen LogP) is 14.2. The lowest BCUT2D eigenvalue weighted by molar-refractivity contribution is -0.148. The highest BCUT2D eigenvalue weighted by Gasteiger charge is 2.23. The number of aliphatic hydroxyl groups is 2. The zero-order valence-electron chi connectivity index (χ0n) is 37.9. The zero-order chi connectivity index (χ0) is 42.4. The van der Waals surface area contributed by atoms with Crippen molar-refractivity contribution in [2.45, 2.75) is 238 Å². The second-order valence-corrected chi connectivity index (χ2v) is 16.2. The van der Waals surface area contributed by atoms with Gasteiger partial charge >= 0.3 is 5.97 Å². The first kappa shape index (κ1) is 55.3. The van der Waals surface area contributed by atoms with E-state index in [1.165, 1.54) is 116 Å². The minimum Gasteiger partial charge on any atom is -0.458 e. The van der Waals surface area contributed by atoms with E-state index in [1.807, 2.05) is 6.08 Å². The highest BCUT2D eigenvalue weighted by Crippen LogP contribution is 2.15. The van der Waals surface area contributed by atoms with Gasteiger partial charge in [-0.05, 0) is 76.7 Å². The Kier molecular flexibility index (Phi) is 43.3. The summed E-state index contributed by atoms with van der Waals surface area (Å²) in [5.41, 5.74) is 0. The molecule has 0 spiro atoms. The van der Waals surface area contributed by atoms with Crippen molar-refractivity contribution in [2.24, 2.45) is 0 Å². The molecule has 0 fully saturated rings. The van der Waals surface area contributed by atoms with E-state index < -0.39 is 18.2 Å². The molecule has 58 heavy (non-hydrogen) atoms. The lowest BCUT2D eigenvalue weighted by atomic mass is 10.0. The molecule has 0 heterocycles. The summed E-state index contributed by atoms with van der Waals surface area (Å²) in [6.45, 7) is 6.38. The average Bonchev–Trinajstić information content (AvgIpc) is 3.22. The lowest BCUT2D eigenvalue weighted by Crippen LogP contribution is -2.46. The summed E-state index contributed by atoms with van der Waals surface area (Å²) in [4.78, 5) is 25.9. The Morgan fingerprint density at radius 2 is 0.914 bits per heavy atom. The highest BCUT2D eigenvalue weighted by molar-refractivity contribution is 5.78. The smallest absolute Gasteiger partial charge is 0.306 e. The molecular formula is C52H91NO5. The van der Waals surface area contributed by atoms with Crippen LogP contribution in [0.15, 0.2) is 72.9 Å². The molecule has 6 nitrogen and oxygen atoms in total. The van der Waals surface area contributed by atoms with Crippen LogP contribution >= 0.6 is 0 Å². The Morgan fingerprint density at radius 1 is 0.517 bits per heavy atom. The molecule has 0 saturated heterocycles. The molecule has 1 amide bonds. The first-order valence-electron chi connectivity index (χ1n) is 24.2. The van der Waals surface area contributed by atoms with E-state index in [2.05, 4.69) is 86.8 Å². The van der Waals surface area contributed by atoms with Crippen molar-refractivity contribution < 1.29 is 24.5 Å². The number of hydrogen-bond acceptors (Lipinski definition) is 5. The molecule has 0 aliphatic heterocycles. The van der Waals surface area contributed by atoms with E-state index in [0.29, 0.717) is 19.3 Å². The van der Waals surface area contributed by atoms with E-state index in [9.17, 15) is 19.8 Å². The van der Waals surface area contributed by atoms with E-state index in [1.54, 1.807) is 6.08 Å². The Hall–Kier alpha value is -2.70. The molecule has 0 rings (SSSR count). The van der Waals surface area contributed by atoms with E-state index >= 15 is 0 Å². The van der Waals surface area contributed by atoms with Gasteiger partial charge in [0, 0.05) is 6.42 Å². The van der Waals surface area contributed by atoms with Gasteiger partial charge in [0.2, 0.25) is 5.91 Å². The number of nitrogens with one attached hydrogen (secondary N) is 1. The Bertz CT molecular complexity index is 1090. The quantitative estimate of drug-likeness (QED) is 0.0324. The maximum absolute atomic E-state index is 13.1. The minimum atomic E-state index is -0.821. The molecular weight excluding hydrogens is 719 g/mol. The van der Waals surface area contributed by atoms with Gasteiger partial charge in [-0.1, -0.05) is 203 Å². The SMILES string of the molecule is CCCCC/C=C\C/C=C\C/C=C\C/C=C\CCCC(=O)OC(/C=C/C/C=C\CCCCCCCC)CC(=O)NC(CO)C(O)CCCCCCCCCCCCC. The molecule has 334 valence electrons. The minimum absolute atomic E-state index is 0.0530. The number of aliphatic hydroxyl groups excluding tert-OH is 2. The summed E-state index contributed by atoms with van der Waals surface area (Å²) in [6, 6.07) is -0.744. The van der Waals surface area contributed by atoms with Crippen LogP contribution in [-0.2, 0) is 14.3 Å². The van der Waals surface area contributed by atoms with Gasteiger partial charge in [-0.3, -0.25) is 9.59 Å². The summed E-state index contributed by atoms with van der Waals surface area (Å²) < 4.78 is 5.78. The van der Waals surface area contributed by atoms with Crippen LogP contribution in [0.3, 0.4) is 0 Å². The molecule has 0 bridgehead atoms. The first-order valence-corrected chi connectivity index (χ1v) is 24.2. The van der Waals surface area contributed by atoms with Crippen molar-refractivity contribution in [3.63, 3.8) is 0 Å². The summed E-state index contributed by atoms with van der Waals surface area (Å²) in [7, 11) is 0. The van der Waals surface area contributed by atoms with Crippen LogP contribution in [0.5, 0.6) is 0 Å². The molecule has 3 unspecified atom stereocenters. The molecule has 0 radical (unpaired) electrons. The van der Waals surface area contributed by atoms with Gasteiger partial charge in [0.05, 0.1) is 25.2 Å². The van der Waals surface area contributed by atoms with Crippen molar-refractivity contribution in [2.75, 3.05) is 6.61 Å². The number of hydrogen-bond donors (Lipinski definition) is 3. The molecule has 0 aromatic rings. The molecule has 0 aromatic heterocycles. The molecule has 6 heteroatoms. The van der Waals surface area contributed by atoms with Crippen LogP contribution < -0.4 is 5.32 Å². The Labute approximate surface area is 358 Å². The van der Waals surface area contributed by atoms with Gasteiger partial charge in [0.25, 0.3) is 0 Å². The van der Waals surface area contributed by atoms with Crippen LogP contribution in [0.4, 0.5) is 0 Å². The fraction of sp³-hybridized carbons (Fsp3) is 0.731. The van der Waals surface area contributed by atoms with E-state index in [4.69, 9.17) is 4.74 Å². The normalized spacial score (nSPS) is 13.9. The van der Waals surface area contributed by atoms with Crippen molar-refractivity contribution in [1.82, 2.24) is 5.32 Å². The zero-order valence-corrected chi connectivity index (χ0v) is 37.9. The number of amides is 1. The van der Waals surface area contributed by atoms with Gasteiger partial charge in [-0.2, -0.15) is 0 Å². The second-order valence-electron chi connectivity index (χ2n) is 16.2. The lowest BCUT2D eigenvalue weighted by Gasteiger charge is -2.23. The fourth-order valence-corrected chi connectivity index (χ4v) is 6.80.